The summed E-state index contributed by atoms with van der Waals surface area (Å²) in [5.41, 5.74) is 2.08. The molecule has 3 heterocycles. The lowest BCUT2D eigenvalue weighted by Gasteiger charge is -2.23. The molecule has 0 amide bonds. The van der Waals surface area contributed by atoms with Gasteiger partial charge in [0.15, 0.2) is 5.82 Å². The van der Waals surface area contributed by atoms with Crippen molar-refractivity contribution in [2.24, 2.45) is 5.92 Å². The summed E-state index contributed by atoms with van der Waals surface area (Å²) in [5, 5.41) is 0.874. The Balaban J connectivity index is 2.04. The monoisotopic (exact) mass is 304 g/mol. The van der Waals surface area contributed by atoms with Crippen LogP contribution in [-0.4, -0.2) is 19.5 Å². The van der Waals surface area contributed by atoms with Gasteiger partial charge in [0.1, 0.15) is 11.2 Å². The second-order valence-electron chi connectivity index (χ2n) is 6.04. The number of rotatable bonds is 3. The number of halogens is 2. The SMILES string of the molecule is CC[C@@H]1CCC[C@@H]1n1c(C(F)F)nc2cnc3[nH]ccc3c21. The Bertz CT molecular complexity index is 820. The zero-order valence-electron chi connectivity index (χ0n) is 12.4. The Morgan fingerprint density at radius 1 is 1.41 bits per heavy atom. The molecule has 0 spiro atoms. The fourth-order valence-corrected chi connectivity index (χ4v) is 3.93. The van der Waals surface area contributed by atoms with Gasteiger partial charge in [-0.05, 0) is 24.8 Å². The van der Waals surface area contributed by atoms with Crippen LogP contribution in [0.2, 0.25) is 0 Å². The van der Waals surface area contributed by atoms with Crippen LogP contribution in [0.5, 0.6) is 0 Å². The summed E-state index contributed by atoms with van der Waals surface area (Å²) in [6.07, 6.45) is 4.96. The van der Waals surface area contributed by atoms with Gasteiger partial charge in [0.25, 0.3) is 6.43 Å². The third-order valence-corrected chi connectivity index (χ3v) is 4.93. The molecule has 1 aliphatic rings. The van der Waals surface area contributed by atoms with Gasteiger partial charge in [-0.3, -0.25) is 0 Å². The highest BCUT2D eigenvalue weighted by Gasteiger charge is 2.33. The van der Waals surface area contributed by atoms with Gasteiger partial charge in [-0.25, -0.2) is 18.7 Å². The van der Waals surface area contributed by atoms with Crippen molar-refractivity contribution in [3.8, 4) is 0 Å². The van der Waals surface area contributed by atoms with Gasteiger partial charge < -0.3 is 9.55 Å². The molecular formula is C16H18F2N4. The maximum Gasteiger partial charge on any atom is 0.295 e. The van der Waals surface area contributed by atoms with Crippen LogP contribution in [0.4, 0.5) is 8.78 Å². The summed E-state index contributed by atoms with van der Waals surface area (Å²) in [7, 11) is 0. The Hall–Kier alpha value is -1.98. The van der Waals surface area contributed by atoms with E-state index in [0.717, 1.165) is 42.2 Å². The lowest BCUT2D eigenvalue weighted by atomic mass is 10.00. The molecule has 0 saturated heterocycles. The van der Waals surface area contributed by atoms with Crippen molar-refractivity contribution in [3.63, 3.8) is 0 Å². The highest BCUT2D eigenvalue weighted by atomic mass is 19.3. The van der Waals surface area contributed by atoms with Crippen LogP contribution < -0.4 is 0 Å². The zero-order valence-corrected chi connectivity index (χ0v) is 12.4. The number of nitrogens with one attached hydrogen (secondary N) is 1. The van der Waals surface area contributed by atoms with E-state index in [1.165, 1.54) is 0 Å². The fraction of sp³-hybridized carbons (Fsp3) is 0.500. The van der Waals surface area contributed by atoms with E-state index in [-0.39, 0.29) is 11.9 Å². The lowest BCUT2D eigenvalue weighted by molar-refractivity contribution is 0.131. The number of aromatic nitrogens is 4. The third kappa shape index (κ3) is 1.86. The van der Waals surface area contributed by atoms with Gasteiger partial charge in [0.2, 0.25) is 0 Å². The van der Waals surface area contributed by atoms with E-state index in [9.17, 15) is 8.78 Å². The summed E-state index contributed by atoms with van der Waals surface area (Å²) in [6, 6.07) is 2.01. The van der Waals surface area contributed by atoms with Crippen LogP contribution in [0.3, 0.4) is 0 Å². The van der Waals surface area contributed by atoms with Crippen LogP contribution >= 0.6 is 0 Å². The molecule has 1 aliphatic carbocycles. The maximum atomic E-state index is 13.6. The van der Waals surface area contributed by atoms with E-state index < -0.39 is 6.43 Å². The minimum Gasteiger partial charge on any atom is -0.346 e. The molecule has 0 bridgehead atoms. The summed E-state index contributed by atoms with van der Waals surface area (Å²) < 4.78 is 28.9. The second-order valence-corrected chi connectivity index (χ2v) is 6.04. The van der Waals surface area contributed by atoms with Crippen molar-refractivity contribution in [1.82, 2.24) is 19.5 Å². The Labute approximate surface area is 126 Å². The minimum atomic E-state index is -2.57. The van der Waals surface area contributed by atoms with Gasteiger partial charge in [0.05, 0.1) is 11.7 Å². The van der Waals surface area contributed by atoms with E-state index in [1.54, 1.807) is 17.0 Å². The number of hydrogen-bond acceptors (Lipinski definition) is 2. The molecule has 116 valence electrons. The standard InChI is InChI=1S/C16H18F2N4/c1-2-9-4-3-5-12(9)22-13-10-6-7-19-15(10)20-8-11(13)21-16(22)14(17)18/h6-9,12,14H,2-5H2,1H3,(H,19,20)/t9-,12+/m1/s1. The van der Waals surface area contributed by atoms with Gasteiger partial charge in [-0.2, -0.15) is 0 Å². The van der Waals surface area contributed by atoms with E-state index in [2.05, 4.69) is 21.9 Å². The first-order chi connectivity index (χ1) is 10.7. The van der Waals surface area contributed by atoms with Crippen LogP contribution in [0.1, 0.15) is 50.9 Å². The summed E-state index contributed by atoms with van der Waals surface area (Å²) >= 11 is 0. The molecule has 3 aromatic heterocycles. The molecule has 6 heteroatoms. The lowest BCUT2D eigenvalue weighted by Crippen LogP contribution is -2.16. The van der Waals surface area contributed by atoms with Gasteiger partial charge in [-0.15, -0.1) is 0 Å². The summed E-state index contributed by atoms with van der Waals surface area (Å²) in [6.45, 7) is 2.14. The molecule has 0 aliphatic heterocycles. The van der Waals surface area contributed by atoms with E-state index in [0.29, 0.717) is 11.4 Å². The largest absolute Gasteiger partial charge is 0.346 e. The van der Waals surface area contributed by atoms with Gasteiger partial charge >= 0.3 is 0 Å². The van der Waals surface area contributed by atoms with Gasteiger partial charge in [-0.1, -0.05) is 19.8 Å². The highest BCUT2D eigenvalue weighted by molar-refractivity contribution is 6.01. The molecule has 0 radical (unpaired) electrons. The number of imidazole rings is 1. The highest BCUT2D eigenvalue weighted by Crippen LogP contribution is 2.42. The first-order valence-corrected chi connectivity index (χ1v) is 7.82. The van der Waals surface area contributed by atoms with E-state index in [4.69, 9.17) is 0 Å². The molecule has 1 saturated carbocycles. The number of hydrogen-bond donors (Lipinski definition) is 1. The maximum absolute atomic E-state index is 13.6. The minimum absolute atomic E-state index is 0.111. The Kier molecular flexibility index (Phi) is 3.13. The van der Waals surface area contributed by atoms with Crippen molar-refractivity contribution < 1.29 is 8.78 Å². The number of aromatic amines is 1. The molecule has 0 unspecified atom stereocenters. The smallest absolute Gasteiger partial charge is 0.295 e. The molecular weight excluding hydrogens is 286 g/mol. The third-order valence-electron chi connectivity index (χ3n) is 4.93. The van der Waals surface area contributed by atoms with E-state index >= 15 is 0 Å². The number of pyridine rings is 1. The first-order valence-electron chi connectivity index (χ1n) is 7.82. The van der Waals surface area contributed by atoms with Crippen LogP contribution in [0, 0.1) is 5.92 Å². The second kappa shape index (κ2) is 5.04. The topological polar surface area (TPSA) is 46.5 Å². The summed E-state index contributed by atoms with van der Waals surface area (Å²) in [4.78, 5) is 11.5. The summed E-state index contributed by atoms with van der Waals surface area (Å²) in [5.74, 6) is 0.327. The van der Waals surface area contributed by atoms with Crippen molar-refractivity contribution >= 4 is 22.1 Å². The molecule has 0 aromatic carbocycles. The van der Waals surface area contributed by atoms with Crippen molar-refractivity contribution in [3.05, 3.63) is 24.3 Å². The number of fused-ring (bicyclic) bond motifs is 3. The molecule has 4 rings (SSSR count). The molecule has 1 fully saturated rings. The van der Waals surface area contributed by atoms with Crippen molar-refractivity contribution in [1.29, 1.82) is 0 Å². The van der Waals surface area contributed by atoms with Crippen LogP contribution in [0.15, 0.2) is 18.5 Å². The number of nitrogens with zero attached hydrogens (tertiary/aromatic N) is 3. The Morgan fingerprint density at radius 3 is 3.05 bits per heavy atom. The molecule has 4 nitrogen and oxygen atoms in total. The quantitative estimate of drug-likeness (QED) is 0.768. The van der Waals surface area contributed by atoms with Gasteiger partial charge in [0, 0.05) is 17.6 Å². The fourth-order valence-electron chi connectivity index (χ4n) is 3.93. The normalized spacial score (nSPS) is 22.4. The molecule has 3 aromatic rings. The van der Waals surface area contributed by atoms with E-state index in [1.807, 2.05) is 6.07 Å². The molecule has 2 atom stereocenters. The van der Waals surface area contributed by atoms with Crippen LogP contribution in [-0.2, 0) is 0 Å². The van der Waals surface area contributed by atoms with Crippen molar-refractivity contribution in [2.75, 3.05) is 0 Å². The average Bonchev–Trinajstić information content (AvgIpc) is 3.22. The Morgan fingerprint density at radius 2 is 2.27 bits per heavy atom. The zero-order chi connectivity index (χ0) is 15.3. The number of alkyl halides is 2. The molecule has 22 heavy (non-hydrogen) atoms. The average molecular weight is 304 g/mol. The number of H-pyrrole nitrogens is 1. The first kappa shape index (κ1) is 13.7. The molecule has 1 N–H and O–H groups in total. The predicted octanol–water partition coefficient (Wildman–Crippen LogP) is 4.60. The van der Waals surface area contributed by atoms with Crippen LogP contribution in [0.25, 0.3) is 22.1 Å². The predicted molar refractivity (Wildman–Crippen MR) is 81.0 cm³/mol. The van der Waals surface area contributed by atoms with Crippen molar-refractivity contribution in [2.45, 2.75) is 45.1 Å².